The maximum atomic E-state index is 8.63. The van der Waals surface area contributed by atoms with Crippen LogP contribution in [0, 0.1) is 11.3 Å². The van der Waals surface area contributed by atoms with Gasteiger partial charge in [-0.3, -0.25) is 0 Å². The summed E-state index contributed by atoms with van der Waals surface area (Å²) in [6.45, 7) is 0.692. The van der Waals surface area contributed by atoms with E-state index in [4.69, 9.17) is 10.4 Å². The molecule has 0 aliphatic heterocycles. The molecule has 3 heteroatoms. The van der Waals surface area contributed by atoms with Crippen LogP contribution in [0.1, 0.15) is 5.69 Å². The van der Waals surface area contributed by atoms with Crippen LogP contribution in [0.2, 0.25) is 0 Å². The second kappa shape index (κ2) is 3.79. The summed E-state index contributed by atoms with van der Waals surface area (Å²) in [5, 5.41) is 17.0. The van der Waals surface area contributed by atoms with Crippen LogP contribution in [-0.2, 0) is 13.0 Å². The molecule has 1 rings (SSSR count). The predicted octanol–water partition coefficient (Wildman–Crippen LogP) is 0.546. The molecule has 0 atom stereocenters. The van der Waals surface area contributed by atoms with Gasteiger partial charge in [-0.05, 0) is 12.1 Å². The molecule has 0 unspecified atom stereocenters. The molecule has 58 valence electrons. The molecule has 3 nitrogen and oxygen atoms in total. The Morgan fingerprint density at radius 1 is 1.64 bits per heavy atom. The first-order valence-corrected chi connectivity index (χ1v) is 3.50. The molecule has 0 fully saturated rings. The van der Waals surface area contributed by atoms with Crippen LogP contribution in [-0.4, -0.2) is 16.3 Å². The van der Waals surface area contributed by atoms with E-state index >= 15 is 0 Å². The van der Waals surface area contributed by atoms with Crippen LogP contribution in [0.4, 0.5) is 0 Å². The first-order valence-electron chi connectivity index (χ1n) is 3.50. The van der Waals surface area contributed by atoms with Crippen molar-refractivity contribution < 1.29 is 5.11 Å². The molecule has 0 aliphatic carbocycles. The Morgan fingerprint density at radius 2 is 2.45 bits per heavy atom. The smallest absolute Gasteiger partial charge is 0.0754 e. The summed E-state index contributed by atoms with van der Waals surface area (Å²) in [6, 6.07) is 5.83. The molecule has 0 saturated heterocycles. The number of hydrogen-bond acceptors (Lipinski definition) is 2. The fourth-order valence-electron chi connectivity index (χ4n) is 1.02. The summed E-state index contributed by atoms with van der Waals surface area (Å²) in [4.78, 5) is 0. The molecule has 0 aromatic carbocycles. The normalized spacial score (nSPS) is 9.45. The number of hydrogen-bond donors (Lipinski definition) is 1. The third-order valence-corrected chi connectivity index (χ3v) is 1.52. The molecule has 1 aromatic heterocycles. The van der Waals surface area contributed by atoms with Gasteiger partial charge in [0.05, 0.1) is 19.1 Å². The average Bonchev–Trinajstić information content (AvgIpc) is 2.39. The van der Waals surface area contributed by atoms with Crippen LogP contribution in [0.15, 0.2) is 18.3 Å². The molecule has 0 aliphatic rings. The van der Waals surface area contributed by atoms with Crippen molar-refractivity contribution >= 4 is 0 Å². The Bertz CT molecular complexity index is 259. The Hall–Kier alpha value is -1.27. The second-order valence-corrected chi connectivity index (χ2v) is 2.25. The van der Waals surface area contributed by atoms with Crippen LogP contribution in [0.25, 0.3) is 0 Å². The van der Waals surface area contributed by atoms with E-state index < -0.39 is 0 Å². The molecule has 0 saturated carbocycles. The third kappa shape index (κ3) is 1.82. The lowest BCUT2D eigenvalue weighted by Gasteiger charge is -2.02. The second-order valence-electron chi connectivity index (χ2n) is 2.25. The molecule has 1 N–H and O–H groups in total. The van der Waals surface area contributed by atoms with Crippen LogP contribution in [0.3, 0.4) is 0 Å². The molecular weight excluding hydrogens is 140 g/mol. The van der Waals surface area contributed by atoms with Gasteiger partial charge in [0.15, 0.2) is 0 Å². The number of aliphatic hydroxyl groups excluding tert-OH is 1. The van der Waals surface area contributed by atoms with Gasteiger partial charge in [0.1, 0.15) is 0 Å². The molecule has 0 amide bonds. The number of aliphatic hydroxyl groups is 1. The van der Waals surface area contributed by atoms with Crippen molar-refractivity contribution in [1.29, 1.82) is 5.26 Å². The number of rotatable bonds is 3. The van der Waals surface area contributed by atoms with Crippen LogP contribution < -0.4 is 0 Å². The quantitative estimate of drug-likeness (QED) is 0.683. The Morgan fingerprint density at radius 3 is 3.09 bits per heavy atom. The van der Waals surface area contributed by atoms with E-state index in [-0.39, 0.29) is 6.61 Å². The summed E-state index contributed by atoms with van der Waals surface area (Å²) >= 11 is 0. The summed E-state index contributed by atoms with van der Waals surface area (Å²) in [5.41, 5.74) is 0.960. The van der Waals surface area contributed by atoms with Crippen molar-refractivity contribution in [2.45, 2.75) is 13.0 Å². The van der Waals surface area contributed by atoms with Crippen molar-refractivity contribution in [1.82, 2.24) is 4.57 Å². The average molecular weight is 150 g/mol. The van der Waals surface area contributed by atoms with Gasteiger partial charge in [0, 0.05) is 18.4 Å². The standard InChI is InChI=1S/C8H10N2O/c9-4-3-8-2-1-5-10(8)6-7-11/h1-2,5,11H,3,6-7H2. The van der Waals surface area contributed by atoms with Crippen molar-refractivity contribution in [3.05, 3.63) is 24.0 Å². The van der Waals surface area contributed by atoms with E-state index in [0.29, 0.717) is 13.0 Å². The lowest BCUT2D eigenvalue weighted by atomic mass is 10.3. The Kier molecular flexibility index (Phi) is 2.70. The van der Waals surface area contributed by atoms with Gasteiger partial charge < -0.3 is 9.67 Å². The van der Waals surface area contributed by atoms with E-state index in [0.717, 1.165) is 5.69 Å². The van der Waals surface area contributed by atoms with E-state index in [1.807, 2.05) is 22.9 Å². The highest BCUT2D eigenvalue weighted by atomic mass is 16.3. The summed E-state index contributed by atoms with van der Waals surface area (Å²) in [5.74, 6) is 0. The first kappa shape index (κ1) is 7.83. The maximum Gasteiger partial charge on any atom is 0.0754 e. The minimum absolute atomic E-state index is 0.118. The van der Waals surface area contributed by atoms with Gasteiger partial charge in [-0.25, -0.2) is 0 Å². The SMILES string of the molecule is N#CCc1cccn1CCO. The highest BCUT2D eigenvalue weighted by Gasteiger charge is 1.97. The first-order chi connectivity index (χ1) is 5.38. The molecule has 1 heterocycles. The third-order valence-electron chi connectivity index (χ3n) is 1.52. The van der Waals surface area contributed by atoms with Gasteiger partial charge in [0.2, 0.25) is 0 Å². The fraction of sp³-hybridized carbons (Fsp3) is 0.375. The summed E-state index contributed by atoms with van der Waals surface area (Å²) in [7, 11) is 0. The van der Waals surface area contributed by atoms with Gasteiger partial charge in [0.25, 0.3) is 0 Å². The molecule has 0 radical (unpaired) electrons. The highest BCUT2D eigenvalue weighted by molar-refractivity contribution is 5.11. The van der Waals surface area contributed by atoms with Gasteiger partial charge in [-0.15, -0.1) is 0 Å². The fourth-order valence-corrected chi connectivity index (χ4v) is 1.02. The molecule has 1 aromatic rings. The number of nitrogens with zero attached hydrogens (tertiary/aromatic N) is 2. The largest absolute Gasteiger partial charge is 0.395 e. The highest BCUT2D eigenvalue weighted by Crippen LogP contribution is 2.01. The zero-order valence-corrected chi connectivity index (χ0v) is 6.20. The van der Waals surface area contributed by atoms with Crippen molar-refractivity contribution in [2.75, 3.05) is 6.61 Å². The van der Waals surface area contributed by atoms with Crippen molar-refractivity contribution in [3.8, 4) is 6.07 Å². The van der Waals surface area contributed by atoms with Gasteiger partial charge in [-0.1, -0.05) is 0 Å². The monoisotopic (exact) mass is 150 g/mol. The topological polar surface area (TPSA) is 49.0 Å². The number of aromatic nitrogens is 1. The van der Waals surface area contributed by atoms with Crippen LogP contribution >= 0.6 is 0 Å². The summed E-state index contributed by atoms with van der Waals surface area (Å²) in [6.07, 6.45) is 2.27. The Labute approximate surface area is 65.5 Å². The zero-order valence-electron chi connectivity index (χ0n) is 6.20. The predicted molar refractivity (Wildman–Crippen MR) is 40.8 cm³/mol. The van der Waals surface area contributed by atoms with Crippen molar-refractivity contribution in [2.24, 2.45) is 0 Å². The van der Waals surface area contributed by atoms with E-state index in [1.165, 1.54) is 0 Å². The zero-order chi connectivity index (χ0) is 8.10. The maximum absolute atomic E-state index is 8.63. The minimum atomic E-state index is 0.118. The van der Waals surface area contributed by atoms with Gasteiger partial charge >= 0.3 is 0 Å². The lowest BCUT2D eigenvalue weighted by Crippen LogP contribution is -2.04. The van der Waals surface area contributed by atoms with Gasteiger partial charge in [-0.2, -0.15) is 5.26 Å². The van der Waals surface area contributed by atoms with Crippen molar-refractivity contribution in [3.63, 3.8) is 0 Å². The van der Waals surface area contributed by atoms with Crippen LogP contribution in [0.5, 0.6) is 0 Å². The minimum Gasteiger partial charge on any atom is -0.395 e. The summed E-state index contributed by atoms with van der Waals surface area (Å²) < 4.78 is 1.88. The molecule has 0 spiro atoms. The molecule has 11 heavy (non-hydrogen) atoms. The Balaban J connectivity index is 2.71. The molecule has 0 bridgehead atoms. The van der Waals surface area contributed by atoms with E-state index in [2.05, 4.69) is 6.07 Å². The molecular formula is C8H10N2O. The lowest BCUT2D eigenvalue weighted by molar-refractivity contribution is 0.275. The van der Waals surface area contributed by atoms with E-state index in [9.17, 15) is 0 Å². The van der Waals surface area contributed by atoms with E-state index in [1.54, 1.807) is 0 Å². The number of nitriles is 1.